The lowest BCUT2D eigenvalue weighted by atomic mass is 10.0. The summed E-state index contributed by atoms with van der Waals surface area (Å²) >= 11 is 0. The molecular formula is C25H31N7O. The van der Waals surface area contributed by atoms with Crippen LogP contribution in [0.15, 0.2) is 53.3 Å². The second-order valence-corrected chi connectivity index (χ2v) is 8.93. The van der Waals surface area contributed by atoms with Crippen molar-refractivity contribution in [3.8, 4) is 22.5 Å². The molecule has 1 N–H and O–H groups in total. The van der Waals surface area contributed by atoms with Crippen LogP contribution in [0.3, 0.4) is 0 Å². The van der Waals surface area contributed by atoms with Gasteiger partial charge in [-0.15, -0.1) is 10.2 Å². The van der Waals surface area contributed by atoms with Crippen LogP contribution in [0.25, 0.3) is 22.5 Å². The average Bonchev–Trinajstić information content (AvgIpc) is 3.47. The van der Waals surface area contributed by atoms with Crippen LogP contribution < -0.4 is 5.69 Å². The van der Waals surface area contributed by atoms with Crippen molar-refractivity contribution in [3.05, 3.63) is 70.4 Å². The fraction of sp³-hybridized carbons (Fsp3) is 0.400. The minimum absolute atomic E-state index is 0.0278. The summed E-state index contributed by atoms with van der Waals surface area (Å²) in [6.45, 7) is 9.03. The number of nitrogens with one attached hydrogen (secondary N) is 1. The van der Waals surface area contributed by atoms with E-state index in [4.69, 9.17) is 5.10 Å². The van der Waals surface area contributed by atoms with Crippen molar-refractivity contribution in [2.45, 2.75) is 59.5 Å². The highest BCUT2D eigenvalue weighted by Gasteiger charge is 2.17. The van der Waals surface area contributed by atoms with Crippen LogP contribution in [0.2, 0.25) is 0 Å². The largest absolute Gasteiger partial charge is 0.346 e. The minimum Gasteiger partial charge on any atom is -0.274 e. The number of hydrogen-bond acceptors (Lipinski definition) is 5. The van der Waals surface area contributed by atoms with Gasteiger partial charge in [0.2, 0.25) is 5.82 Å². The molecule has 4 rings (SSSR count). The van der Waals surface area contributed by atoms with Gasteiger partial charge in [-0.1, -0.05) is 63.2 Å². The zero-order valence-corrected chi connectivity index (χ0v) is 19.7. The highest BCUT2D eigenvalue weighted by atomic mass is 16.2. The lowest BCUT2D eigenvalue weighted by Crippen LogP contribution is -2.27. The summed E-state index contributed by atoms with van der Waals surface area (Å²) in [6.07, 6.45) is 2.68. The van der Waals surface area contributed by atoms with E-state index >= 15 is 0 Å². The second kappa shape index (κ2) is 9.94. The molecule has 0 fully saturated rings. The van der Waals surface area contributed by atoms with Gasteiger partial charge in [0.05, 0.1) is 12.6 Å². The molecule has 1 atom stereocenters. The fourth-order valence-electron chi connectivity index (χ4n) is 3.78. The quantitative estimate of drug-likeness (QED) is 0.409. The molecule has 0 radical (unpaired) electrons. The van der Waals surface area contributed by atoms with E-state index in [1.165, 1.54) is 0 Å². The topological polar surface area (TPSA) is 94.3 Å². The highest BCUT2D eigenvalue weighted by Crippen LogP contribution is 2.24. The molecule has 8 nitrogen and oxygen atoms in total. The molecule has 8 heteroatoms. The van der Waals surface area contributed by atoms with Crippen LogP contribution in [0.5, 0.6) is 0 Å². The van der Waals surface area contributed by atoms with Gasteiger partial charge in [0.15, 0.2) is 0 Å². The molecule has 0 spiro atoms. The molecule has 1 unspecified atom stereocenters. The van der Waals surface area contributed by atoms with Crippen molar-refractivity contribution in [3.63, 3.8) is 0 Å². The maximum Gasteiger partial charge on any atom is 0.346 e. The Labute approximate surface area is 193 Å². The number of aryl methyl sites for hydroxylation is 1. The van der Waals surface area contributed by atoms with Crippen LogP contribution in [0.1, 0.15) is 58.0 Å². The lowest BCUT2D eigenvalue weighted by molar-refractivity contribution is 0.455. The maximum atomic E-state index is 13.1. The van der Waals surface area contributed by atoms with Gasteiger partial charge in [-0.2, -0.15) is 10.3 Å². The monoisotopic (exact) mass is 445 g/mol. The Hall–Kier alpha value is -3.55. The van der Waals surface area contributed by atoms with Crippen LogP contribution in [-0.2, 0) is 13.0 Å². The van der Waals surface area contributed by atoms with Gasteiger partial charge < -0.3 is 0 Å². The first kappa shape index (κ1) is 22.6. The van der Waals surface area contributed by atoms with Gasteiger partial charge in [-0.3, -0.25) is 4.57 Å². The first-order valence-electron chi connectivity index (χ1n) is 11.6. The average molecular weight is 446 g/mol. The summed E-state index contributed by atoms with van der Waals surface area (Å²) in [7, 11) is 0. The van der Waals surface area contributed by atoms with Crippen molar-refractivity contribution >= 4 is 0 Å². The third-order valence-electron chi connectivity index (χ3n) is 6.01. The standard InChI is InChI=1S/C25H31N7O/c1-5-18(4)32-25(33)31(23(28-32)14-9-17(2)3)16-19-10-12-20(13-11-19)21-7-6-8-22(15-21)24-26-29-30-27-24/h6-8,10-13,15,17-18H,5,9,14,16H2,1-4H3,(H,26,27,29,30). The Morgan fingerprint density at radius 1 is 1.00 bits per heavy atom. The van der Waals surface area contributed by atoms with E-state index in [1.54, 1.807) is 4.68 Å². The molecular weight excluding hydrogens is 414 g/mol. The Balaban J connectivity index is 1.59. The normalized spacial score (nSPS) is 12.4. The number of H-pyrrole nitrogens is 1. The molecule has 4 aromatic rings. The summed E-state index contributed by atoms with van der Waals surface area (Å²) in [4.78, 5) is 13.1. The van der Waals surface area contributed by atoms with E-state index in [-0.39, 0.29) is 11.7 Å². The molecule has 0 amide bonds. The number of tetrazole rings is 1. The summed E-state index contributed by atoms with van der Waals surface area (Å²) in [5.74, 6) is 2.00. The molecule has 0 aliphatic rings. The summed E-state index contributed by atoms with van der Waals surface area (Å²) in [5, 5.41) is 18.9. The summed E-state index contributed by atoms with van der Waals surface area (Å²) in [6, 6.07) is 16.5. The van der Waals surface area contributed by atoms with Gasteiger partial charge in [-0.25, -0.2) is 9.48 Å². The van der Waals surface area contributed by atoms with E-state index in [0.717, 1.165) is 47.3 Å². The molecule has 172 valence electrons. The van der Waals surface area contributed by atoms with Crippen molar-refractivity contribution < 1.29 is 0 Å². The van der Waals surface area contributed by atoms with Crippen molar-refractivity contribution in [2.75, 3.05) is 0 Å². The predicted molar refractivity (Wildman–Crippen MR) is 129 cm³/mol. The molecule has 0 bridgehead atoms. The number of rotatable bonds is 9. The van der Waals surface area contributed by atoms with E-state index in [9.17, 15) is 4.79 Å². The molecule has 2 heterocycles. The van der Waals surface area contributed by atoms with Gasteiger partial charge in [0, 0.05) is 12.0 Å². The lowest BCUT2D eigenvalue weighted by Gasteiger charge is -2.09. The summed E-state index contributed by atoms with van der Waals surface area (Å²) in [5.41, 5.74) is 4.11. The van der Waals surface area contributed by atoms with E-state index in [0.29, 0.717) is 18.3 Å². The first-order valence-corrected chi connectivity index (χ1v) is 11.6. The van der Waals surface area contributed by atoms with E-state index < -0.39 is 0 Å². The number of hydrogen-bond donors (Lipinski definition) is 1. The zero-order valence-electron chi connectivity index (χ0n) is 19.7. The first-order chi connectivity index (χ1) is 16.0. The Bertz CT molecular complexity index is 1240. The number of benzene rings is 2. The molecule has 0 saturated carbocycles. The van der Waals surface area contributed by atoms with E-state index in [1.807, 2.05) is 29.7 Å². The molecule has 0 aliphatic heterocycles. The predicted octanol–water partition coefficient (Wildman–Crippen LogP) is 4.50. The number of aromatic amines is 1. The highest BCUT2D eigenvalue weighted by molar-refractivity contribution is 5.70. The second-order valence-electron chi connectivity index (χ2n) is 8.93. The molecule has 0 aliphatic carbocycles. The molecule has 2 aromatic heterocycles. The van der Waals surface area contributed by atoms with Crippen LogP contribution in [-0.4, -0.2) is 35.0 Å². The van der Waals surface area contributed by atoms with E-state index in [2.05, 4.69) is 71.7 Å². The molecule has 33 heavy (non-hydrogen) atoms. The van der Waals surface area contributed by atoms with Crippen LogP contribution in [0, 0.1) is 5.92 Å². The Kier molecular flexibility index (Phi) is 6.82. The van der Waals surface area contributed by atoms with Gasteiger partial charge in [0.1, 0.15) is 5.82 Å². The third kappa shape index (κ3) is 5.10. The Morgan fingerprint density at radius 2 is 1.76 bits per heavy atom. The van der Waals surface area contributed by atoms with Crippen LogP contribution >= 0.6 is 0 Å². The van der Waals surface area contributed by atoms with Gasteiger partial charge in [0.25, 0.3) is 0 Å². The molecule has 2 aromatic carbocycles. The Morgan fingerprint density at radius 3 is 2.42 bits per heavy atom. The van der Waals surface area contributed by atoms with Gasteiger partial charge >= 0.3 is 5.69 Å². The third-order valence-corrected chi connectivity index (χ3v) is 6.01. The van der Waals surface area contributed by atoms with Crippen molar-refractivity contribution in [1.82, 2.24) is 35.0 Å². The molecule has 0 saturated heterocycles. The van der Waals surface area contributed by atoms with Crippen LogP contribution in [0.4, 0.5) is 0 Å². The smallest absolute Gasteiger partial charge is 0.274 e. The summed E-state index contributed by atoms with van der Waals surface area (Å²) < 4.78 is 3.48. The number of aromatic nitrogens is 7. The van der Waals surface area contributed by atoms with Gasteiger partial charge in [-0.05, 0) is 53.7 Å². The zero-order chi connectivity index (χ0) is 23.4. The fourth-order valence-corrected chi connectivity index (χ4v) is 3.78. The maximum absolute atomic E-state index is 13.1. The minimum atomic E-state index is -0.0278. The van der Waals surface area contributed by atoms with Crippen molar-refractivity contribution in [1.29, 1.82) is 0 Å². The SMILES string of the molecule is CCC(C)n1nc(CCC(C)C)n(Cc2ccc(-c3cccc(-c4nn[nH]n4)c3)cc2)c1=O. The van der Waals surface area contributed by atoms with Crippen molar-refractivity contribution in [2.24, 2.45) is 5.92 Å². The number of nitrogens with zero attached hydrogens (tertiary/aromatic N) is 6.